The van der Waals surface area contributed by atoms with Gasteiger partial charge in [-0.15, -0.1) is 0 Å². The lowest BCUT2D eigenvalue weighted by Gasteiger charge is -2.17. The van der Waals surface area contributed by atoms with Crippen molar-refractivity contribution in [1.29, 1.82) is 10.5 Å². The summed E-state index contributed by atoms with van der Waals surface area (Å²) in [5, 5.41) is 27.9. The third-order valence-electron chi connectivity index (χ3n) is 13.9. The molecule has 7 rings (SSSR count). The molecule has 0 saturated carbocycles. The van der Waals surface area contributed by atoms with E-state index in [1.165, 1.54) is 103 Å². The number of nitrogens with zero attached hydrogens (tertiary/aromatic N) is 7. The van der Waals surface area contributed by atoms with Gasteiger partial charge in [0.2, 0.25) is 0 Å². The van der Waals surface area contributed by atoms with Gasteiger partial charge in [0.1, 0.15) is 23.0 Å². The normalized spacial score (nSPS) is 12.9. The van der Waals surface area contributed by atoms with Crippen molar-refractivity contribution < 1.29 is 28.7 Å². The molecule has 2 fully saturated rings. The van der Waals surface area contributed by atoms with Crippen molar-refractivity contribution in [2.75, 3.05) is 105 Å². The van der Waals surface area contributed by atoms with E-state index in [2.05, 4.69) is 59.4 Å². The molecule has 0 aliphatic carbocycles. The standard InChI is InChI=1S/C22H27NO2.C16H22N2O.C14H20N2O.C13H20N2O3/c24-22(19-9-3-1-4-10-19)20-11-13-21(14-12-20)25-18-8-2-5-15-23-16-6-7-17-23;17-14-15-7-6-8-16(13-15)19-12-5-1-2-9-18-10-3-4-11-18;1-3-16(4-2)10-5-11-17-14-8-6-13(12-15)7-9-14;1-3-14(4-2)10-5-11-18-13-8-6-12(7-9-13)15(16)17/h1,3-4,9-14H,2,5-8,15-18H2;6-8,13H,1-5,9-12H2;6-9H,3-5,10-11H2,1-2H3;6-9H,3-5,10-11H2,1-2H3. The third kappa shape index (κ3) is 27.6. The van der Waals surface area contributed by atoms with Gasteiger partial charge >= 0.3 is 0 Å². The fourth-order valence-corrected chi connectivity index (χ4v) is 9.06. The summed E-state index contributed by atoms with van der Waals surface area (Å²) >= 11 is 0. The second kappa shape index (κ2) is 40.4. The first-order chi connectivity index (χ1) is 38.7. The lowest BCUT2D eigenvalue weighted by Crippen LogP contribution is -2.25. The summed E-state index contributed by atoms with van der Waals surface area (Å²) in [5.41, 5.74) is 2.83. The lowest BCUT2D eigenvalue weighted by molar-refractivity contribution is -0.384. The second-order valence-corrected chi connectivity index (χ2v) is 19.6. The van der Waals surface area contributed by atoms with Crippen molar-refractivity contribution in [3.63, 3.8) is 0 Å². The van der Waals surface area contributed by atoms with Crippen molar-refractivity contribution in [2.45, 2.75) is 105 Å². The molecule has 0 spiro atoms. The van der Waals surface area contributed by atoms with E-state index in [4.69, 9.17) is 29.5 Å². The average molecular weight is 1080 g/mol. The van der Waals surface area contributed by atoms with Crippen LogP contribution in [0.5, 0.6) is 23.0 Å². The minimum atomic E-state index is -0.413. The van der Waals surface area contributed by atoms with Crippen LogP contribution in [-0.2, 0) is 0 Å². The van der Waals surface area contributed by atoms with E-state index < -0.39 is 4.92 Å². The Morgan fingerprint density at radius 3 is 1.35 bits per heavy atom. The summed E-state index contributed by atoms with van der Waals surface area (Å²) in [4.78, 5) is 32.2. The molecule has 0 N–H and O–H groups in total. The maximum Gasteiger partial charge on any atom is 0.269 e. The van der Waals surface area contributed by atoms with E-state index in [1.54, 1.807) is 36.4 Å². The van der Waals surface area contributed by atoms with Crippen molar-refractivity contribution in [3.8, 4) is 35.1 Å². The predicted octanol–water partition coefficient (Wildman–Crippen LogP) is 13.1. The fraction of sp³-hybridized carbons (Fsp3) is 0.492. The molecular formula is C65H89N7O7. The number of nitriles is 2. The van der Waals surface area contributed by atoms with Crippen LogP contribution in [0, 0.1) is 32.8 Å². The zero-order chi connectivity index (χ0) is 56.6. The monoisotopic (exact) mass is 1080 g/mol. The number of hydrogen-bond donors (Lipinski definition) is 0. The molecule has 2 heterocycles. The van der Waals surface area contributed by atoms with E-state index in [-0.39, 0.29) is 11.5 Å². The summed E-state index contributed by atoms with van der Waals surface area (Å²) in [5.74, 6) is 3.21. The van der Waals surface area contributed by atoms with Crippen molar-refractivity contribution in [2.24, 2.45) is 0 Å². The first kappa shape index (κ1) is 64.7. The number of non-ortho nitro benzene ring substituents is 1. The Hall–Kier alpha value is -6.81. The number of likely N-dealkylation sites (tertiary alicyclic amines) is 2. The highest BCUT2D eigenvalue weighted by Crippen LogP contribution is 2.20. The Morgan fingerprint density at radius 1 is 0.494 bits per heavy atom. The zero-order valence-electron chi connectivity index (χ0n) is 47.9. The molecule has 5 aromatic rings. The van der Waals surface area contributed by atoms with Crippen LogP contribution in [0.15, 0.2) is 127 Å². The van der Waals surface area contributed by atoms with Crippen LogP contribution >= 0.6 is 0 Å². The van der Waals surface area contributed by atoms with E-state index >= 15 is 0 Å². The highest BCUT2D eigenvalue weighted by Gasteiger charge is 2.12. The summed E-state index contributed by atoms with van der Waals surface area (Å²) in [7, 11) is 0. The number of hydrogen-bond acceptors (Lipinski definition) is 13. The molecule has 0 aromatic heterocycles. The molecule has 5 aromatic carbocycles. The molecule has 79 heavy (non-hydrogen) atoms. The fourth-order valence-electron chi connectivity index (χ4n) is 9.06. The zero-order valence-corrected chi connectivity index (χ0v) is 47.9. The van der Waals surface area contributed by atoms with Gasteiger partial charge in [-0.25, -0.2) is 0 Å². The molecular weight excluding hydrogens is 991 g/mol. The van der Waals surface area contributed by atoms with Crippen LogP contribution in [0.3, 0.4) is 0 Å². The van der Waals surface area contributed by atoms with Gasteiger partial charge in [0.15, 0.2) is 5.78 Å². The number of ketones is 1. The number of nitro groups is 1. The van der Waals surface area contributed by atoms with Crippen LogP contribution in [0.1, 0.15) is 132 Å². The molecule has 14 nitrogen and oxygen atoms in total. The number of carbonyl (C=O) groups is 1. The van der Waals surface area contributed by atoms with Crippen LogP contribution in [0.2, 0.25) is 0 Å². The van der Waals surface area contributed by atoms with Gasteiger partial charge in [-0.3, -0.25) is 14.9 Å². The molecule has 0 atom stereocenters. The van der Waals surface area contributed by atoms with Gasteiger partial charge < -0.3 is 38.5 Å². The maximum atomic E-state index is 12.4. The first-order valence-electron chi connectivity index (χ1n) is 29.0. The van der Waals surface area contributed by atoms with Gasteiger partial charge in [0.25, 0.3) is 5.69 Å². The molecule has 0 unspecified atom stereocenters. The smallest absolute Gasteiger partial charge is 0.269 e. The number of unbranched alkanes of at least 4 members (excludes halogenated alkanes) is 4. The summed E-state index contributed by atoms with van der Waals surface area (Å²) in [6, 6.07) is 41.8. The van der Waals surface area contributed by atoms with Crippen molar-refractivity contribution in [3.05, 3.63) is 160 Å². The number of benzene rings is 5. The Morgan fingerprint density at radius 2 is 0.911 bits per heavy atom. The van der Waals surface area contributed by atoms with Gasteiger partial charge in [-0.05, 0) is 221 Å². The lowest BCUT2D eigenvalue weighted by atomic mass is 10.0. The average Bonchev–Trinajstić information content (AvgIpc) is 4.24. The third-order valence-corrected chi connectivity index (χ3v) is 13.9. The molecule has 426 valence electrons. The number of ether oxygens (including phenoxy) is 4. The Bertz CT molecular complexity index is 2460. The quantitative estimate of drug-likeness (QED) is 0.0179. The van der Waals surface area contributed by atoms with Gasteiger partial charge in [-0.2, -0.15) is 10.5 Å². The number of rotatable bonds is 31. The largest absolute Gasteiger partial charge is 0.494 e. The highest BCUT2D eigenvalue weighted by molar-refractivity contribution is 6.09. The van der Waals surface area contributed by atoms with Crippen LogP contribution in [-0.4, -0.2) is 135 Å². The SMILES string of the molecule is CCN(CC)CCCOc1ccc(C#N)cc1.CCN(CC)CCCOc1ccc([N+](=O)[O-])cc1.N#Cc1cccc(OCCCCCN2CCCC2)c1.O=C(c1ccccc1)c1ccc(OCCCCCN2CCCC2)cc1. The minimum absolute atomic E-state index is 0.0501. The van der Waals surface area contributed by atoms with E-state index in [9.17, 15) is 14.9 Å². The van der Waals surface area contributed by atoms with Crippen LogP contribution in [0.4, 0.5) is 5.69 Å². The van der Waals surface area contributed by atoms with Crippen molar-refractivity contribution >= 4 is 11.5 Å². The Kier molecular flexibility index (Phi) is 33.1. The molecule has 0 radical (unpaired) electrons. The molecule has 14 heteroatoms. The molecule has 2 aliphatic heterocycles. The van der Waals surface area contributed by atoms with Crippen molar-refractivity contribution in [1.82, 2.24) is 19.6 Å². The van der Waals surface area contributed by atoms with E-state index in [1.807, 2.05) is 78.9 Å². The van der Waals surface area contributed by atoms with Gasteiger partial charge in [-0.1, -0.05) is 64.1 Å². The molecule has 2 saturated heterocycles. The van der Waals surface area contributed by atoms with E-state index in [0.29, 0.717) is 34.6 Å². The number of nitro benzene ring substituents is 1. The first-order valence-corrected chi connectivity index (χ1v) is 29.0. The topological polar surface area (TPSA) is 158 Å². The Labute approximate surface area is 473 Å². The molecule has 2 aliphatic rings. The summed E-state index contributed by atoms with van der Waals surface area (Å²) < 4.78 is 22.6. The van der Waals surface area contributed by atoms with Gasteiger partial charge in [0.05, 0.1) is 54.6 Å². The molecule has 0 amide bonds. The summed E-state index contributed by atoms with van der Waals surface area (Å²) in [6.07, 6.45) is 14.6. The minimum Gasteiger partial charge on any atom is -0.494 e. The van der Waals surface area contributed by atoms with Gasteiger partial charge in [0, 0.05) is 36.3 Å². The summed E-state index contributed by atoms with van der Waals surface area (Å²) in [6.45, 7) is 25.4. The highest BCUT2D eigenvalue weighted by atomic mass is 16.6. The van der Waals surface area contributed by atoms with E-state index in [0.717, 1.165) is 102 Å². The Balaban J connectivity index is 0.000000230. The number of carbonyl (C=O) groups excluding carboxylic acids is 1. The maximum absolute atomic E-state index is 12.4. The predicted molar refractivity (Wildman–Crippen MR) is 318 cm³/mol. The van der Waals surface area contributed by atoms with Crippen LogP contribution in [0.25, 0.3) is 0 Å². The van der Waals surface area contributed by atoms with Crippen LogP contribution < -0.4 is 18.9 Å². The molecule has 0 bridgehead atoms. The second-order valence-electron chi connectivity index (χ2n) is 19.6.